The van der Waals surface area contributed by atoms with E-state index < -0.39 is 17.5 Å². The van der Waals surface area contributed by atoms with Crippen LogP contribution in [0, 0.1) is 11.8 Å². The molecular weight excluding hydrogens is 410 g/mol. The molecule has 162 valence electrons. The van der Waals surface area contributed by atoms with Gasteiger partial charge in [-0.3, -0.25) is 9.53 Å². The van der Waals surface area contributed by atoms with E-state index >= 15 is 0 Å². The van der Waals surface area contributed by atoms with E-state index in [-0.39, 0.29) is 17.8 Å². The Morgan fingerprint density at radius 2 is 1.97 bits per heavy atom. The van der Waals surface area contributed by atoms with Crippen molar-refractivity contribution < 1.29 is 28.3 Å². The first-order valence-corrected chi connectivity index (χ1v) is 10.8. The second-order valence-electron chi connectivity index (χ2n) is 9.04. The Morgan fingerprint density at radius 1 is 1.16 bits per heavy atom. The third-order valence-corrected chi connectivity index (χ3v) is 7.56. The molecule has 7 rings (SSSR count). The lowest BCUT2D eigenvalue weighted by Crippen LogP contribution is -2.55. The van der Waals surface area contributed by atoms with Crippen LogP contribution in [0.25, 0.3) is 11.3 Å². The second kappa shape index (κ2) is 5.72. The number of nitrogens with zero attached hydrogens (tertiary/aromatic N) is 1. The molecule has 1 fully saturated rings. The van der Waals surface area contributed by atoms with Crippen molar-refractivity contribution in [1.82, 2.24) is 5.16 Å². The Labute approximate surface area is 184 Å². The van der Waals surface area contributed by atoms with Gasteiger partial charge in [0.05, 0.1) is 12.7 Å². The van der Waals surface area contributed by atoms with E-state index in [0.717, 1.165) is 39.5 Å². The molecule has 3 heterocycles. The van der Waals surface area contributed by atoms with Crippen LogP contribution >= 0.6 is 0 Å². The lowest BCUT2D eigenvalue weighted by atomic mass is 9.52. The lowest BCUT2D eigenvalue weighted by molar-refractivity contribution is -0.245. The van der Waals surface area contributed by atoms with Crippen LogP contribution in [0.15, 0.2) is 47.0 Å². The summed E-state index contributed by atoms with van der Waals surface area (Å²) in [6.45, 7) is 3.55. The van der Waals surface area contributed by atoms with Gasteiger partial charge in [0.25, 0.3) is 5.79 Å². The first-order valence-electron chi connectivity index (χ1n) is 10.8. The molecule has 0 N–H and O–H groups in total. The molecule has 3 aromatic rings. The molecule has 4 aliphatic rings. The minimum Gasteiger partial charge on any atom is -0.496 e. The summed E-state index contributed by atoms with van der Waals surface area (Å²) in [7, 11) is 1.63. The molecule has 0 radical (unpaired) electrons. The maximum atomic E-state index is 12.1. The van der Waals surface area contributed by atoms with Gasteiger partial charge in [0, 0.05) is 36.0 Å². The maximum Gasteiger partial charge on any atom is 0.304 e. The number of carbonyl (C=O) groups excluding carboxylic acids is 1. The number of hydrogen-bond acceptors (Lipinski definition) is 7. The van der Waals surface area contributed by atoms with Crippen molar-refractivity contribution in [2.45, 2.75) is 37.8 Å². The summed E-state index contributed by atoms with van der Waals surface area (Å²) in [6.07, 6.45) is -0.109. The molecule has 1 spiro atoms. The van der Waals surface area contributed by atoms with Gasteiger partial charge in [-0.2, -0.15) is 0 Å². The van der Waals surface area contributed by atoms with Gasteiger partial charge >= 0.3 is 5.97 Å². The Hall–Kier alpha value is -3.32. The van der Waals surface area contributed by atoms with Crippen molar-refractivity contribution in [2.24, 2.45) is 11.8 Å². The van der Waals surface area contributed by atoms with Gasteiger partial charge in [-0.15, -0.1) is 0 Å². The minimum atomic E-state index is -1.23. The van der Waals surface area contributed by atoms with E-state index in [4.69, 9.17) is 23.5 Å². The average molecular weight is 431 g/mol. The molecule has 2 aliphatic heterocycles. The molecule has 1 saturated heterocycles. The van der Waals surface area contributed by atoms with Gasteiger partial charge in [0.15, 0.2) is 0 Å². The summed E-state index contributed by atoms with van der Waals surface area (Å²) >= 11 is 0. The Bertz CT molecular complexity index is 1310. The monoisotopic (exact) mass is 431 g/mol. The van der Waals surface area contributed by atoms with E-state index in [1.165, 1.54) is 6.92 Å². The second-order valence-corrected chi connectivity index (χ2v) is 9.04. The number of ether oxygens (including phenoxy) is 4. The third kappa shape index (κ3) is 1.77. The largest absolute Gasteiger partial charge is 0.496 e. The number of rotatable bonds is 2. The summed E-state index contributed by atoms with van der Waals surface area (Å²) in [4.78, 5) is 12.1. The maximum absolute atomic E-state index is 12.1. The zero-order valence-electron chi connectivity index (χ0n) is 17.9. The normalized spacial score (nSPS) is 32.3. The van der Waals surface area contributed by atoms with Gasteiger partial charge in [0.2, 0.25) is 6.29 Å². The van der Waals surface area contributed by atoms with Crippen LogP contribution in [-0.2, 0) is 31.9 Å². The van der Waals surface area contributed by atoms with Crippen LogP contribution in [0.4, 0.5) is 0 Å². The van der Waals surface area contributed by atoms with Crippen LogP contribution in [0.1, 0.15) is 36.3 Å². The summed E-state index contributed by atoms with van der Waals surface area (Å²) < 4.78 is 30.9. The highest BCUT2D eigenvalue weighted by atomic mass is 16.8. The van der Waals surface area contributed by atoms with Crippen LogP contribution < -0.4 is 9.47 Å². The number of methoxy groups -OCH3 is 1. The molecule has 32 heavy (non-hydrogen) atoms. The molecule has 5 atom stereocenters. The van der Waals surface area contributed by atoms with Gasteiger partial charge in [0.1, 0.15) is 28.4 Å². The predicted molar refractivity (Wildman–Crippen MR) is 111 cm³/mol. The molecule has 2 aliphatic carbocycles. The third-order valence-electron chi connectivity index (χ3n) is 7.56. The highest BCUT2D eigenvalue weighted by Crippen LogP contribution is 2.74. The van der Waals surface area contributed by atoms with Crippen LogP contribution in [0.2, 0.25) is 0 Å². The zero-order chi connectivity index (χ0) is 21.8. The molecule has 0 bridgehead atoms. The van der Waals surface area contributed by atoms with E-state index in [9.17, 15) is 4.79 Å². The highest BCUT2D eigenvalue weighted by molar-refractivity contribution is 5.83. The molecule has 0 unspecified atom stereocenters. The number of aromatic nitrogens is 1. The van der Waals surface area contributed by atoms with Crippen LogP contribution in [0.5, 0.6) is 11.5 Å². The van der Waals surface area contributed by atoms with Gasteiger partial charge in [-0.05, 0) is 18.1 Å². The number of para-hydroxylation sites is 1. The summed E-state index contributed by atoms with van der Waals surface area (Å²) in [6, 6.07) is 13.8. The van der Waals surface area contributed by atoms with Crippen molar-refractivity contribution in [3.8, 4) is 22.8 Å². The summed E-state index contributed by atoms with van der Waals surface area (Å²) in [5.41, 5.74) is 3.54. The van der Waals surface area contributed by atoms with Crippen molar-refractivity contribution >= 4 is 5.97 Å². The quantitative estimate of drug-likeness (QED) is 0.569. The highest BCUT2D eigenvalue weighted by Gasteiger charge is 2.80. The average Bonchev–Trinajstić information content (AvgIpc) is 3.39. The number of esters is 1. The first-order chi connectivity index (χ1) is 15.5. The Kier molecular flexibility index (Phi) is 3.27. The number of fused-ring (bicyclic) bond motifs is 3. The van der Waals surface area contributed by atoms with Crippen LogP contribution in [0.3, 0.4) is 0 Å². The van der Waals surface area contributed by atoms with E-state index in [1.54, 1.807) is 7.11 Å². The summed E-state index contributed by atoms with van der Waals surface area (Å²) in [5.74, 6) is 0.529. The standard InChI is InChI=1S/C25H21NO6/c1-12-11-18-21-22(26-32-18)19-15(8-6-10-17(19)28-3)25-24(21,14-7-4-5-9-16(14)30-25)20(12)23(31-25)29-13(2)27/h4-10,12,20,23H,11H2,1-3H3/t12-,20-,23+,24+,25-/m1/s1. The topological polar surface area (TPSA) is 80.0 Å². The fourth-order valence-corrected chi connectivity index (χ4v) is 6.68. The number of benzene rings is 2. The van der Waals surface area contributed by atoms with E-state index in [2.05, 4.69) is 18.1 Å². The molecule has 7 heteroatoms. The molecule has 0 saturated carbocycles. The smallest absolute Gasteiger partial charge is 0.304 e. The zero-order valence-corrected chi connectivity index (χ0v) is 17.9. The van der Waals surface area contributed by atoms with Crippen molar-refractivity contribution in [3.05, 3.63) is 64.9 Å². The molecule has 0 amide bonds. The fraction of sp³-hybridized carbons (Fsp3) is 0.360. The van der Waals surface area contributed by atoms with E-state index in [0.29, 0.717) is 12.2 Å². The molecule has 1 aromatic heterocycles. The van der Waals surface area contributed by atoms with Crippen molar-refractivity contribution in [3.63, 3.8) is 0 Å². The Morgan fingerprint density at radius 3 is 2.78 bits per heavy atom. The van der Waals surface area contributed by atoms with Crippen molar-refractivity contribution in [2.75, 3.05) is 7.11 Å². The predicted octanol–water partition coefficient (Wildman–Crippen LogP) is 3.92. The number of carbonyl (C=O) groups is 1. The Balaban J connectivity index is 1.66. The SMILES string of the molecule is COc1cccc2c1-c1noc3c1[C@@]14c5ccccc5O[C@@]21O[C@H](OC(C)=O)[C@H]4[C@H](C)C3. The first kappa shape index (κ1) is 18.3. The van der Waals surface area contributed by atoms with Gasteiger partial charge in [-0.1, -0.05) is 42.4 Å². The summed E-state index contributed by atoms with van der Waals surface area (Å²) in [5, 5.41) is 4.54. The van der Waals surface area contributed by atoms with Gasteiger partial charge < -0.3 is 18.7 Å². The lowest BCUT2D eigenvalue weighted by Gasteiger charge is -2.47. The minimum absolute atomic E-state index is 0.0939. The van der Waals surface area contributed by atoms with Crippen LogP contribution in [-0.4, -0.2) is 24.5 Å². The molecule has 7 nitrogen and oxygen atoms in total. The molecule has 2 aromatic carbocycles. The molecular formula is C25H21NO6. The fourth-order valence-electron chi connectivity index (χ4n) is 6.68. The van der Waals surface area contributed by atoms with Crippen molar-refractivity contribution in [1.29, 1.82) is 0 Å². The number of hydrogen-bond donors (Lipinski definition) is 0. The van der Waals surface area contributed by atoms with E-state index in [1.807, 2.05) is 36.4 Å². The van der Waals surface area contributed by atoms with Gasteiger partial charge in [-0.25, -0.2) is 0 Å².